The van der Waals surface area contributed by atoms with E-state index < -0.39 is 0 Å². The summed E-state index contributed by atoms with van der Waals surface area (Å²) in [6.07, 6.45) is 0.860. The predicted octanol–water partition coefficient (Wildman–Crippen LogP) is 3.78. The monoisotopic (exact) mass is 359 g/mol. The Morgan fingerprint density at radius 2 is 1.92 bits per heavy atom. The van der Waals surface area contributed by atoms with Crippen LogP contribution in [0.4, 0.5) is 4.39 Å². The van der Waals surface area contributed by atoms with Crippen molar-refractivity contribution >= 4 is 17.5 Å². The van der Waals surface area contributed by atoms with Gasteiger partial charge in [0, 0.05) is 17.0 Å². The highest BCUT2D eigenvalue weighted by Gasteiger charge is 2.10. The summed E-state index contributed by atoms with van der Waals surface area (Å²) in [7, 11) is 0. The SMILES string of the molecule is O=C(CCc1ccccc1Cl)NCc1nc(-c2ccc(F)cc2)no1. The first-order valence-electron chi connectivity index (χ1n) is 7.70. The molecule has 25 heavy (non-hydrogen) atoms. The molecule has 7 heteroatoms. The van der Waals surface area contributed by atoms with Gasteiger partial charge in [-0.3, -0.25) is 4.79 Å². The topological polar surface area (TPSA) is 68.0 Å². The minimum Gasteiger partial charge on any atom is -0.347 e. The summed E-state index contributed by atoms with van der Waals surface area (Å²) in [5.74, 6) is 0.158. The van der Waals surface area contributed by atoms with E-state index in [2.05, 4.69) is 15.5 Å². The molecule has 0 bridgehead atoms. The van der Waals surface area contributed by atoms with Gasteiger partial charge in [-0.1, -0.05) is 35.0 Å². The highest BCUT2D eigenvalue weighted by molar-refractivity contribution is 6.31. The molecule has 0 atom stereocenters. The van der Waals surface area contributed by atoms with E-state index in [1.165, 1.54) is 12.1 Å². The lowest BCUT2D eigenvalue weighted by Gasteiger charge is -2.04. The Kier molecular flexibility index (Phi) is 5.40. The maximum atomic E-state index is 12.9. The number of halogens is 2. The van der Waals surface area contributed by atoms with Gasteiger partial charge in [0.05, 0.1) is 6.54 Å². The van der Waals surface area contributed by atoms with Gasteiger partial charge in [0.1, 0.15) is 5.82 Å². The van der Waals surface area contributed by atoms with Gasteiger partial charge in [0.25, 0.3) is 0 Å². The number of nitrogens with one attached hydrogen (secondary N) is 1. The van der Waals surface area contributed by atoms with Crippen LogP contribution in [0.25, 0.3) is 11.4 Å². The van der Waals surface area contributed by atoms with E-state index >= 15 is 0 Å². The first-order valence-corrected chi connectivity index (χ1v) is 8.08. The van der Waals surface area contributed by atoms with E-state index in [4.69, 9.17) is 16.1 Å². The van der Waals surface area contributed by atoms with Crippen LogP contribution in [0.3, 0.4) is 0 Å². The zero-order valence-electron chi connectivity index (χ0n) is 13.2. The number of nitrogens with zero attached hydrogens (tertiary/aromatic N) is 2. The van der Waals surface area contributed by atoms with Crippen molar-refractivity contribution in [3.8, 4) is 11.4 Å². The van der Waals surface area contributed by atoms with E-state index in [1.807, 2.05) is 18.2 Å². The Bertz CT molecular complexity index is 865. The molecule has 3 rings (SSSR count). The number of amides is 1. The molecule has 3 aromatic rings. The Hall–Kier alpha value is -2.73. The van der Waals surface area contributed by atoms with Crippen LogP contribution in [-0.4, -0.2) is 16.0 Å². The maximum absolute atomic E-state index is 12.9. The average molecular weight is 360 g/mol. The zero-order valence-corrected chi connectivity index (χ0v) is 14.0. The molecule has 2 aromatic carbocycles. The smallest absolute Gasteiger partial charge is 0.246 e. The molecular weight excluding hydrogens is 345 g/mol. The number of aromatic nitrogens is 2. The quantitative estimate of drug-likeness (QED) is 0.727. The van der Waals surface area contributed by atoms with Gasteiger partial charge in [0.15, 0.2) is 0 Å². The Morgan fingerprint density at radius 1 is 1.16 bits per heavy atom. The van der Waals surface area contributed by atoms with Gasteiger partial charge in [-0.2, -0.15) is 4.98 Å². The fourth-order valence-electron chi connectivity index (χ4n) is 2.25. The van der Waals surface area contributed by atoms with Crippen LogP contribution in [0.5, 0.6) is 0 Å². The van der Waals surface area contributed by atoms with E-state index in [1.54, 1.807) is 18.2 Å². The first-order chi connectivity index (χ1) is 12.1. The van der Waals surface area contributed by atoms with E-state index in [9.17, 15) is 9.18 Å². The minimum atomic E-state index is -0.335. The fourth-order valence-corrected chi connectivity index (χ4v) is 2.49. The van der Waals surface area contributed by atoms with Crippen molar-refractivity contribution in [2.24, 2.45) is 0 Å². The molecule has 1 heterocycles. The molecule has 0 aliphatic heterocycles. The van der Waals surface area contributed by atoms with Crippen LogP contribution in [0.15, 0.2) is 53.1 Å². The second-order valence-electron chi connectivity index (χ2n) is 5.39. The minimum absolute atomic E-state index is 0.134. The molecule has 0 fully saturated rings. The molecule has 0 saturated carbocycles. The van der Waals surface area contributed by atoms with Crippen molar-refractivity contribution in [2.75, 3.05) is 0 Å². The average Bonchev–Trinajstić information content (AvgIpc) is 3.09. The van der Waals surface area contributed by atoms with Crippen LogP contribution in [-0.2, 0) is 17.8 Å². The second kappa shape index (κ2) is 7.90. The normalized spacial score (nSPS) is 10.6. The number of benzene rings is 2. The number of carbonyl (C=O) groups excluding carboxylic acids is 1. The number of hydrogen-bond acceptors (Lipinski definition) is 4. The van der Waals surface area contributed by atoms with Crippen LogP contribution in [0.1, 0.15) is 17.9 Å². The van der Waals surface area contributed by atoms with Crippen molar-refractivity contribution in [1.29, 1.82) is 0 Å². The molecule has 128 valence electrons. The summed E-state index contributed by atoms with van der Waals surface area (Å²) in [6, 6.07) is 13.2. The molecule has 1 amide bonds. The standard InChI is InChI=1S/C18H15ClFN3O2/c19-15-4-2-1-3-12(15)7-10-16(24)21-11-17-22-18(23-25-17)13-5-8-14(20)9-6-13/h1-6,8-9H,7,10-11H2,(H,21,24). The summed E-state index contributed by atoms with van der Waals surface area (Å²) in [4.78, 5) is 16.1. The largest absolute Gasteiger partial charge is 0.347 e. The highest BCUT2D eigenvalue weighted by Crippen LogP contribution is 2.17. The maximum Gasteiger partial charge on any atom is 0.246 e. The van der Waals surface area contributed by atoms with Crippen LogP contribution in [0.2, 0.25) is 5.02 Å². The van der Waals surface area contributed by atoms with E-state index in [0.717, 1.165) is 5.56 Å². The molecule has 0 saturated heterocycles. The van der Waals surface area contributed by atoms with Gasteiger partial charge in [-0.15, -0.1) is 0 Å². The first kappa shape index (κ1) is 17.1. The molecule has 0 spiro atoms. The molecule has 0 aliphatic carbocycles. The third-order valence-corrected chi connectivity index (χ3v) is 3.96. The van der Waals surface area contributed by atoms with Gasteiger partial charge >= 0.3 is 0 Å². The number of rotatable bonds is 6. The number of hydrogen-bond donors (Lipinski definition) is 1. The van der Waals surface area contributed by atoms with Crippen LogP contribution in [0, 0.1) is 5.82 Å². The molecule has 0 unspecified atom stereocenters. The Balaban J connectivity index is 1.51. The molecular formula is C18H15ClFN3O2. The lowest BCUT2D eigenvalue weighted by molar-refractivity contribution is -0.121. The van der Waals surface area contributed by atoms with E-state index in [0.29, 0.717) is 29.3 Å². The van der Waals surface area contributed by atoms with Crippen molar-refractivity contribution in [2.45, 2.75) is 19.4 Å². The summed E-state index contributed by atoms with van der Waals surface area (Å²) in [5, 5.41) is 7.20. The molecule has 0 radical (unpaired) electrons. The lowest BCUT2D eigenvalue weighted by atomic mass is 10.1. The second-order valence-corrected chi connectivity index (χ2v) is 5.79. The van der Waals surface area contributed by atoms with Crippen LogP contribution >= 0.6 is 11.6 Å². The van der Waals surface area contributed by atoms with Crippen molar-refractivity contribution < 1.29 is 13.7 Å². The van der Waals surface area contributed by atoms with Crippen molar-refractivity contribution in [3.63, 3.8) is 0 Å². The molecule has 5 nitrogen and oxygen atoms in total. The summed E-state index contributed by atoms with van der Waals surface area (Å²) < 4.78 is 18.0. The summed E-state index contributed by atoms with van der Waals surface area (Å²) >= 11 is 6.06. The third kappa shape index (κ3) is 4.64. The summed E-state index contributed by atoms with van der Waals surface area (Å²) in [6.45, 7) is 0.134. The lowest BCUT2D eigenvalue weighted by Crippen LogP contribution is -2.23. The third-order valence-electron chi connectivity index (χ3n) is 3.59. The van der Waals surface area contributed by atoms with Crippen LogP contribution < -0.4 is 5.32 Å². The Morgan fingerprint density at radius 3 is 2.68 bits per heavy atom. The zero-order chi connectivity index (χ0) is 17.6. The predicted molar refractivity (Wildman–Crippen MR) is 91.3 cm³/mol. The Labute approximate surface area is 148 Å². The van der Waals surface area contributed by atoms with Gasteiger partial charge in [0.2, 0.25) is 17.6 Å². The van der Waals surface area contributed by atoms with Gasteiger partial charge in [-0.05, 0) is 42.3 Å². The number of carbonyl (C=O) groups is 1. The number of aryl methyl sites for hydroxylation is 1. The van der Waals surface area contributed by atoms with Crippen molar-refractivity contribution in [3.05, 3.63) is 70.8 Å². The van der Waals surface area contributed by atoms with Gasteiger partial charge in [-0.25, -0.2) is 4.39 Å². The summed E-state index contributed by atoms with van der Waals surface area (Å²) in [5.41, 5.74) is 1.57. The van der Waals surface area contributed by atoms with Gasteiger partial charge < -0.3 is 9.84 Å². The fraction of sp³-hybridized carbons (Fsp3) is 0.167. The molecule has 1 N–H and O–H groups in total. The molecule has 0 aliphatic rings. The molecule has 1 aromatic heterocycles. The van der Waals surface area contributed by atoms with E-state index in [-0.39, 0.29) is 24.2 Å². The van der Waals surface area contributed by atoms with Crippen molar-refractivity contribution in [1.82, 2.24) is 15.5 Å². The highest BCUT2D eigenvalue weighted by atomic mass is 35.5.